The van der Waals surface area contributed by atoms with Gasteiger partial charge in [-0.3, -0.25) is 4.79 Å². The molecule has 126 valence electrons. The van der Waals surface area contributed by atoms with Crippen molar-refractivity contribution in [1.82, 2.24) is 20.8 Å². The van der Waals surface area contributed by atoms with E-state index in [0.29, 0.717) is 17.6 Å². The molecule has 0 unspecified atom stereocenters. The summed E-state index contributed by atoms with van der Waals surface area (Å²) in [6, 6.07) is 9.34. The fourth-order valence-electron chi connectivity index (χ4n) is 2.09. The number of amides is 3. The molecule has 0 atom stereocenters. The molecule has 1 heterocycles. The van der Waals surface area contributed by atoms with Crippen molar-refractivity contribution in [2.45, 2.75) is 31.7 Å². The van der Waals surface area contributed by atoms with Gasteiger partial charge in [-0.2, -0.15) is 0 Å². The first kappa shape index (κ1) is 16.4. The number of anilines is 1. The maximum Gasteiger partial charge on any atom is 0.315 e. The van der Waals surface area contributed by atoms with Crippen molar-refractivity contribution in [2.75, 3.05) is 11.9 Å². The van der Waals surface area contributed by atoms with Crippen LogP contribution in [0.3, 0.4) is 0 Å². The predicted octanol–water partition coefficient (Wildman–Crippen LogP) is 2.24. The highest BCUT2D eigenvalue weighted by molar-refractivity contribution is 7.15. The van der Waals surface area contributed by atoms with Crippen molar-refractivity contribution >= 4 is 28.4 Å². The summed E-state index contributed by atoms with van der Waals surface area (Å²) in [4.78, 5) is 23.5. The van der Waals surface area contributed by atoms with Crippen molar-refractivity contribution in [3.63, 3.8) is 0 Å². The Morgan fingerprint density at radius 3 is 2.67 bits per heavy atom. The molecule has 24 heavy (non-hydrogen) atoms. The molecule has 0 saturated heterocycles. The highest BCUT2D eigenvalue weighted by atomic mass is 32.1. The van der Waals surface area contributed by atoms with Crippen LogP contribution in [-0.2, 0) is 11.3 Å². The van der Waals surface area contributed by atoms with Crippen molar-refractivity contribution in [1.29, 1.82) is 0 Å². The highest BCUT2D eigenvalue weighted by Gasteiger charge is 2.27. The molecule has 1 fully saturated rings. The zero-order chi connectivity index (χ0) is 16.8. The third-order valence-corrected chi connectivity index (χ3v) is 4.55. The second-order valence-corrected chi connectivity index (χ2v) is 6.62. The van der Waals surface area contributed by atoms with E-state index in [2.05, 4.69) is 26.1 Å². The molecule has 0 bridgehead atoms. The van der Waals surface area contributed by atoms with E-state index in [0.717, 1.165) is 23.4 Å². The minimum atomic E-state index is -0.293. The molecule has 0 aliphatic heterocycles. The maximum atomic E-state index is 11.8. The molecular formula is C16H19N5O2S. The second kappa shape index (κ2) is 7.87. The van der Waals surface area contributed by atoms with E-state index in [1.807, 2.05) is 30.3 Å². The van der Waals surface area contributed by atoms with Gasteiger partial charge in [-0.05, 0) is 18.4 Å². The number of nitrogens with zero attached hydrogens (tertiary/aromatic N) is 2. The van der Waals surface area contributed by atoms with Gasteiger partial charge in [0.1, 0.15) is 5.01 Å². The molecule has 1 saturated carbocycles. The number of rotatable bonds is 7. The van der Waals surface area contributed by atoms with E-state index in [9.17, 15) is 9.59 Å². The number of carbonyl (C=O) groups is 2. The van der Waals surface area contributed by atoms with E-state index in [1.54, 1.807) is 0 Å². The molecule has 8 heteroatoms. The van der Waals surface area contributed by atoms with Crippen LogP contribution in [-0.4, -0.2) is 28.7 Å². The standard InChI is InChI=1S/C16H19N5O2S/c22-13(19-16-21-20-14(24-16)12-6-7-12)8-9-17-15(23)18-10-11-4-2-1-3-5-11/h1-5,12H,6-10H2,(H2,17,18,23)(H,19,21,22). The Bertz CT molecular complexity index is 700. The van der Waals surface area contributed by atoms with Crippen LogP contribution in [0.1, 0.15) is 35.8 Å². The van der Waals surface area contributed by atoms with Crippen molar-refractivity contribution in [2.24, 2.45) is 0 Å². The Balaban J connectivity index is 1.31. The summed E-state index contributed by atoms with van der Waals surface area (Å²) in [6.07, 6.45) is 2.51. The number of urea groups is 1. The highest BCUT2D eigenvalue weighted by Crippen LogP contribution is 2.41. The van der Waals surface area contributed by atoms with Crippen LogP contribution in [0.4, 0.5) is 9.93 Å². The van der Waals surface area contributed by atoms with E-state index < -0.39 is 0 Å². The molecule has 0 spiro atoms. The fraction of sp³-hybridized carbons (Fsp3) is 0.375. The van der Waals surface area contributed by atoms with Gasteiger partial charge in [0, 0.05) is 25.4 Å². The summed E-state index contributed by atoms with van der Waals surface area (Å²) in [7, 11) is 0. The first-order valence-electron chi connectivity index (χ1n) is 7.89. The number of nitrogens with one attached hydrogen (secondary N) is 3. The predicted molar refractivity (Wildman–Crippen MR) is 91.8 cm³/mol. The second-order valence-electron chi connectivity index (χ2n) is 5.61. The van der Waals surface area contributed by atoms with Crippen LogP contribution in [0.5, 0.6) is 0 Å². The lowest BCUT2D eigenvalue weighted by Gasteiger charge is -2.07. The van der Waals surface area contributed by atoms with E-state index in [1.165, 1.54) is 11.3 Å². The Hall–Kier alpha value is -2.48. The molecule has 0 radical (unpaired) electrons. The van der Waals surface area contributed by atoms with Gasteiger partial charge in [0.2, 0.25) is 11.0 Å². The van der Waals surface area contributed by atoms with Crippen LogP contribution in [0.15, 0.2) is 30.3 Å². The third kappa shape index (κ3) is 5.02. The van der Waals surface area contributed by atoms with Crippen molar-refractivity contribution in [3.8, 4) is 0 Å². The average molecular weight is 345 g/mol. The number of aromatic nitrogens is 2. The van der Waals surface area contributed by atoms with Crippen LogP contribution in [0.25, 0.3) is 0 Å². The van der Waals surface area contributed by atoms with E-state index >= 15 is 0 Å². The van der Waals surface area contributed by atoms with Gasteiger partial charge in [0.05, 0.1) is 0 Å². The largest absolute Gasteiger partial charge is 0.338 e. The topological polar surface area (TPSA) is 96.0 Å². The Morgan fingerprint density at radius 2 is 1.92 bits per heavy atom. The lowest BCUT2D eigenvalue weighted by molar-refractivity contribution is -0.116. The molecule has 1 aliphatic rings. The van der Waals surface area contributed by atoms with E-state index in [-0.39, 0.29) is 24.9 Å². The first-order chi connectivity index (χ1) is 11.7. The zero-order valence-electron chi connectivity index (χ0n) is 13.1. The molecule has 3 rings (SSSR count). The molecule has 3 N–H and O–H groups in total. The summed E-state index contributed by atoms with van der Waals surface area (Å²) in [5.41, 5.74) is 1.02. The molecule has 1 aromatic heterocycles. The molecule has 3 amide bonds. The zero-order valence-corrected chi connectivity index (χ0v) is 13.9. The summed E-state index contributed by atoms with van der Waals surface area (Å²) in [6.45, 7) is 0.717. The van der Waals surface area contributed by atoms with Gasteiger partial charge < -0.3 is 16.0 Å². The first-order valence-corrected chi connectivity index (χ1v) is 8.71. The number of carbonyl (C=O) groups excluding carboxylic acids is 2. The molecule has 2 aromatic rings. The Labute approximate surface area is 143 Å². The molecule has 1 aliphatic carbocycles. The normalized spacial score (nSPS) is 13.3. The van der Waals surface area contributed by atoms with Gasteiger partial charge in [-0.25, -0.2) is 4.79 Å². The van der Waals surface area contributed by atoms with Gasteiger partial charge in [0.15, 0.2) is 0 Å². The fourth-order valence-corrected chi connectivity index (χ4v) is 3.02. The van der Waals surface area contributed by atoms with Crippen LogP contribution < -0.4 is 16.0 Å². The van der Waals surface area contributed by atoms with Gasteiger partial charge >= 0.3 is 6.03 Å². The maximum absolute atomic E-state index is 11.8. The van der Waals surface area contributed by atoms with Crippen molar-refractivity contribution in [3.05, 3.63) is 40.9 Å². The molecule has 1 aromatic carbocycles. The Kier molecular flexibility index (Phi) is 5.37. The monoisotopic (exact) mass is 345 g/mol. The third-order valence-electron chi connectivity index (χ3n) is 3.55. The van der Waals surface area contributed by atoms with E-state index in [4.69, 9.17) is 0 Å². The lowest BCUT2D eigenvalue weighted by Crippen LogP contribution is -2.36. The smallest absolute Gasteiger partial charge is 0.315 e. The lowest BCUT2D eigenvalue weighted by atomic mass is 10.2. The van der Waals surface area contributed by atoms with Gasteiger partial charge in [-0.15, -0.1) is 10.2 Å². The van der Waals surface area contributed by atoms with Crippen LogP contribution in [0.2, 0.25) is 0 Å². The number of benzene rings is 1. The molecular weight excluding hydrogens is 326 g/mol. The Morgan fingerprint density at radius 1 is 1.12 bits per heavy atom. The SMILES string of the molecule is O=C(CCNC(=O)NCc1ccccc1)Nc1nnc(C2CC2)s1. The van der Waals surface area contributed by atoms with Crippen LogP contribution in [0, 0.1) is 0 Å². The van der Waals surface area contributed by atoms with Gasteiger partial charge in [0.25, 0.3) is 0 Å². The molecule has 7 nitrogen and oxygen atoms in total. The summed E-state index contributed by atoms with van der Waals surface area (Å²) in [5, 5.41) is 17.7. The van der Waals surface area contributed by atoms with Crippen molar-refractivity contribution < 1.29 is 9.59 Å². The minimum absolute atomic E-state index is 0.183. The number of hydrogen-bond acceptors (Lipinski definition) is 5. The average Bonchev–Trinajstić information content (AvgIpc) is 3.34. The van der Waals surface area contributed by atoms with Gasteiger partial charge in [-0.1, -0.05) is 41.7 Å². The quantitative estimate of drug-likeness (QED) is 0.717. The summed E-state index contributed by atoms with van der Waals surface area (Å²) in [5.74, 6) is 0.347. The summed E-state index contributed by atoms with van der Waals surface area (Å²) < 4.78 is 0. The minimum Gasteiger partial charge on any atom is -0.338 e. The number of hydrogen-bond donors (Lipinski definition) is 3. The summed E-state index contributed by atoms with van der Waals surface area (Å²) >= 11 is 1.42. The van der Waals surface area contributed by atoms with Crippen LogP contribution >= 0.6 is 11.3 Å².